The van der Waals surface area contributed by atoms with Crippen molar-refractivity contribution in [3.8, 4) is 17.0 Å². The molecule has 0 unspecified atom stereocenters. The molecule has 0 N–H and O–H groups in total. The zero-order chi connectivity index (χ0) is 22.7. The molecule has 7 heteroatoms. The molecule has 0 fully saturated rings. The Labute approximate surface area is 187 Å². The van der Waals surface area contributed by atoms with Crippen molar-refractivity contribution in [3.05, 3.63) is 88.9 Å². The minimum Gasteiger partial charge on any atom is -0.497 e. The lowest BCUT2D eigenvalue weighted by Crippen LogP contribution is -2.26. The second-order valence-electron chi connectivity index (χ2n) is 7.77. The number of aryl methyl sites for hydroxylation is 2. The van der Waals surface area contributed by atoms with Gasteiger partial charge in [-0.3, -0.25) is 9.48 Å². The highest BCUT2D eigenvalue weighted by atomic mass is 16.5. The molecule has 164 valence electrons. The fourth-order valence-corrected chi connectivity index (χ4v) is 3.66. The summed E-state index contributed by atoms with van der Waals surface area (Å²) >= 11 is 0. The molecule has 2 aromatic carbocycles. The van der Waals surface area contributed by atoms with E-state index in [-0.39, 0.29) is 5.91 Å². The number of methoxy groups -OCH3 is 1. The molecule has 0 atom stereocenters. The number of carbonyl (C=O) groups excluding carboxylic acids is 1. The topological polar surface area (TPSA) is 73.4 Å². The number of aromatic nitrogens is 3. The number of hydrogen-bond donors (Lipinski definition) is 0. The summed E-state index contributed by atoms with van der Waals surface area (Å²) in [5, 5.41) is 8.76. The average Bonchev–Trinajstić information content (AvgIpc) is 3.37. The normalized spacial score (nSPS) is 10.9. The van der Waals surface area contributed by atoms with E-state index in [0.29, 0.717) is 30.1 Å². The molecule has 2 heterocycles. The molecule has 0 saturated heterocycles. The van der Waals surface area contributed by atoms with E-state index in [4.69, 9.17) is 14.4 Å². The monoisotopic (exact) mass is 430 g/mol. The molecule has 0 aliphatic carbocycles. The maximum absolute atomic E-state index is 13.5. The van der Waals surface area contributed by atoms with E-state index in [1.807, 2.05) is 74.6 Å². The number of rotatable bonds is 7. The van der Waals surface area contributed by atoms with E-state index in [9.17, 15) is 4.79 Å². The third-order valence-corrected chi connectivity index (χ3v) is 5.45. The fourth-order valence-electron chi connectivity index (χ4n) is 3.66. The van der Waals surface area contributed by atoms with Crippen molar-refractivity contribution >= 4 is 5.91 Å². The summed E-state index contributed by atoms with van der Waals surface area (Å²) in [6, 6.07) is 17.6. The number of nitrogens with zero attached hydrogens (tertiary/aromatic N) is 4. The maximum atomic E-state index is 13.5. The first-order chi connectivity index (χ1) is 15.5. The molecular weight excluding hydrogens is 404 g/mol. The van der Waals surface area contributed by atoms with Crippen molar-refractivity contribution in [3.63, 3.8) is 0 Å². The Bertz CT molecular complexity index is 1210. The summed E-state index contributed by atoms with van der Waals surface area (Å²) in [6.07, 6.45) is 1.81. The highest BCUT2D eigenvalue weighted by Crippen LogP contribution is 2.27. The van der Waals surface area contributed by atoms with Gasteiger partial charge >= 0.3 is 0 Å². The van der Waals surface area contributed by atoms with Gasteiger partial charge in [-0.2, -0.15) is 5.10 Å². The van der Waals surface area contributed by atoms with E-state index < -0.39 is 0 Å². The lowest BCUT2D eigenvalue weighted by molar-refractivity contribution is 0.0785. The summed E-state index contributed by atoms with van der Waals surface area (Å²) in [5.74, 6) is 1.31. The van der Waals surface area contributed by atoms with Crippen LogP contribution < -0.4 is 4.74 Å². The number of hydrogen-bond acceptors (Lipinski definition) is 5. The number of ether oxygens (including phenoxy) is 1. The molecule has 1 amide bonds. The highest BCUT2D eigenvalue weighted by Gasteiger charge is 2.23. The minimum atomic E-state index is -0.123. The standard InChI is InChI=1S/C25H26N4O3/c1-17-22(18(2)32-27-17)15-28(3)25(30)23-16-29(14-19-9-6-5-7-10-19)26-24(23)20-11-8-12-21(13-20)31-4/h5-13,16H,14-15H2,1-4H3. The molecule has 0 aliphatic rings. The second kappa shape index (κ2) is 9.09. The predicted octanol–water partition coefficient (Wildman–Crippen LogP) is 4.48. The van der Waals surface area contributed by atoms with Crippen molar-refractivity contribution in [2.45, 2.75) is 26.9 Å². The van der Waals surface area contributed by atoms with Crippen LogP contribution in [0.5, 0.6) is 5.75 Å². The molecule has 2 aromatic heterocycles. The molecule has 0 bridgehead atoms. The largest absolute Gasteiger partial charge is 0.497 e. The Kier molecular flexibility index (Phi) is 6.07. The number of carbonyl (C=O) groups is 1. The summed E-state index contributed by atoms with van der Waals surface area (Å²) in [5.41, 5.74) is 4.79. The number of amides is 1. The second-order valence-corrected chi connectivity index (χ2v) is 7.77. The van der Waals surface area contributed by atoms with Gasteiger partial charge in [0.05, 0.1) is 31.5 Å². The zero-order valence-corrected chi connectivity index (χ0v) is 18.7. The van der Waals surface area contributed by atoms with Gasteiger partial charge in [0.2, 0.25) is 0 Å². The van der Waals surface area contributed by atoms with Crippen LogP contribution >= 0.6 is 0 Å². The Morgan fingerprint density at radius 2 is 1.91 bits per heavy atom. The van der Waals surface area contributed by atoms with Crippen molar-refractivity contribution in [2.75, 3.05) is 14.2 Å². The van der Waals surface area contributed by atoms with Gasteiger partial charge in [-0.15, -0.1) is 0 Å². The fraction of sp³-hybridized carbons (Fsp3) is 0.240. The van der Waals surface area contributed by atoms with Crippen LogP contribution in [0.3, 0.4) is 0 Å². The van der Waals surface area contributed by atoms with E-state index in [0.717, 1.165) is 28.1 Å². The first kappa shape index (κ1) is 21.4. The van der Waals surface area contributed by atoms with Crippen LogP contribution in [0.2, 0.25) is 0 Å². The smallest absolute Gasteiger partial charge is 0.257 e. The van der Waals surface area contributed by atoms with Gasteiger partial charge in [-0.05, 0) is 31.5 Å². The summed E-state index contributed by atoms with van der Waals surface area (Å²) < 4.78 is 12.4. The van der Waals surface area contributed by atoms with Crippen molar-refractivity contribution in [1.82, 2.24) is 19.8 Å². The van der Waals surface area contributed by atoms with Gasteiger partial charge in [0.15, 0.2) is 0 Å². The van der Waals surface area contributed by atoms with E-state index in [1.165, 1.54) is 0 Å². The molecular formula is C25H26N4O3. The van der Waals surface area contributed by atoms with Crippen LogP contribution in [-0.4, -0.2) is 39.9 Å². The SMILES string of the molecule is COc1cccc(-c2nn(Cc3ccccc3)cc2C(=O)N(C)Cc2c(C)noc2C)c1. The van der Waals surface area contributed by atoms with Gasteiger partial charge in [-0.1, -0.05) is 47.6 Å². The van der Waals surface area contributed by atoms with Crippen LogP contribution in [0.25, 0.3) is 11.3 Å². The number of benzene rings is 2. The van der Waals surface area contributed by atoms with Gasteiger partial charge in [0, 0.05) is 24.4 Å². The van der Waals surface area contributed by atoms with Crippen LogP contribution in [0.15, 0.2) is 65.3 Å². The lowest BCUT2D eigenvalue weighted by atomic mass is 10.1. The molecule has 0 saturated carbocycles. The van der Waals surface area contributed by atoms with E-state index >= 15 is 0 Å². The van der Waals surface area contributed by atoms with Gasteiger partial charge < -0.3 is 14.2 Å². The van der Waals surface area contributed by atoms with E-state index in [1.54, 1.807) is 23.7 Å². The maximum Gasteiger partial charge on any atom is 0.257 e. The van der Waals surface area contributed by atoms with Gasteiger partial charge in [0.25, 0.3) is 5.91 Å². The molecule has 32 heavy (non-hydrogen) atoms. The van der Waals surface area contributed by atoms with Crippen molar-refractivity contribution in [1.29, 1.82) is 0 Å². The quantitative estimate of drug-likeness (QED) is 0.432. The lowest BCUT2D eigenvalue weighted by Gasteiger charge is -2.17. The Morgan fingerprint density at radius 3 is 2.59 bits per heavy atom. The molecule has 7 nitrogen and oxygen atoms in total. The third kappa shape index (κ3) is 4.42. The Hall–Kier alpha value is -3.87. The molecule has 0 radical (unpaired) electrons. The molecule has 4 rings (SSSR count). The average molecular weight is 431 g/mol. The van der Waals surface area contributed by atoms with Gasteiger partial charge in [0.1, 0.15) is 17.2 Å². The zero-order valence-electron chi connectivity index (χ0n) is 18.7. The summed E-state index contributed by atoms with van der Waals surface area (Å²) in [4.78, 5) is 15.2. The predicted molar refractivity (Wildman–Crippen MR) is 122 cm³/mol. The minimum absolute atomic E-state index is 0.123. The summed E-state index contributed by atoms with van der Waals surface area (Å²) in [7, 11) is 3.40. The molecule has 4 aromatic rings. The van der Waals surface area contributed by atoms with Crippen LogP contribution in [0.4, 0.5) is 0 Å². The van der Waals surface area contributed by atoms with Crippen LogP contribution in [0.1, 0.15) is 32.9 Å². The third-order valence-electron chi connectivity index (χ3n) is 5.45. The van der Waals surface area contributed by atoms with Crippen molar-refractivity contribution in [2.24, 2.45) is 0 Å². The first-order valence-corrected chi connectivity index (χ1v) is 10.4. The summed E-state index contributed by atoms with van der Waals surface area (Å²) in [6.45, 7) is 4.71. The molecule has 0 aliphatic heterocycles. The Balaban J connectivity index is 1.70. The van der Waals surface area contributed by atoms with Gasteiger partial charge in [-0.25, -0.2) is 0 Å². The van der Waals surface area contributed by atoms with Crippen LogP contribution in [0, 0.1) is 13.8 Å². The van der Waals surface area contributed by atoms with E-state index in [2.05, 4.69) is 5.16 Å². The molecule has 0 spiro atoms. The van der Waals surface area contributed by atoms with Crippen molar-refractivity contribution < 1.29 is 14.1 Å². The van der Waals surface area contributed by atoms with Crippen LogP contribution in [-0.2, 0) is 13.1 Å². The highest BCUT2D eigenvalue weighted by molar-refractivity contribution is 5.99. The first-order valence-electron chi connectivity index (χ1n) is 10.4. The Morgan fingerprint density at radius 1 is 1.12 bits per heavy atom.